The van der Waals surface area contributed by atoms with Gasteiger partial charge in [-0.15, -0.1) is 0 Å². The van der Waals surface area contributed by atoms with Crippen molar-refractivity contribution in [2.45, 2.75) is 30.6 Å². The van der Waals surface area contributed by atoms with Gasteiger partial charge in [0.25, 0.3) is 5.91 Å². The number of rotatable bonds is 5. The Labute approximate surface area is 200 Å². The number of ether oxygens (including phenoxy) is 1. The van der Waals surface area contributed by atoms with Gasteiger partial charge in [-0.3, -0.25) is 4.79 Å². The van der Waals surface area contributed by atoms with Crippen LogP contribution >= 0.6 is 11.6 Å². The molecule has 0 N–H and O–H groups in total. The van der Waals surface area contributed by atoms with E-state index in [2.05, 4.69) is 9.88 Å². The monoisotopic (exact) mass is 492 g/mol. The Bertz CT molecular complexity index is 1080. The van der Waals surface area contributed by atoms with Crippen LogP contribution < -0.4 is 9.64 Å². The van der Waals surface area contributed by atoms with Gasteiger partial charge in [0.05, 0.1) is 22.6 Å². The third-order valence-corrected chi connectivity index (χ3v) is 8.33. The number of carbonyl (C=O) groups excluding carboxylic acids is 1. The van der Waals surface area contributed by atoms with E-state index in [1.165, 1.54) is 23.5 Å². The lowest BCUT2D eigenvalue weighted by Crippen LogP contribution is -2.49. The van der Waals surface area contributed by atoms with Gasteiger partial charge in [-0.1, -0.05) is 24.4 Å². The summed E-state index contributed by atoms with van der Waals surface area (Å²) in [5.41, 5.74) is 0.270. The third-order valence-electron chi connectivity index (χ3n) is 6.21. The van der Waals surface area contributed by atoms with Crippen LogP contribution in [0.25, 0.3) is 0 Å². The normalized spacial score (nSPS) is 18.1. The molecular weight excluding hydrogens is 464 g/mol. The number of halogens is 1. The van der Waals surface area contributed by atoms with Crippen LogP contribution in [0.15, 0.2) is 41.4 Å². The summed E-state index contributed by atoms with van der Waals surface area (Å²) in [7, 11) is -2.18. The molecule has 2 aromatic rings. The van der Waals surface area contributed by atoms with E-state index in [-0.39, 0.29) is 16.4 Å². The second-order valence-electron chi connectivity index (χ2n) is 8.29. The van der Waals surface area contributed by atoms with Crippen LogP contribution in [0, 0.1) is 0 Å². The maximum absolute atomic E-state index is 13.4. The molecule has 2 saturated heterocycles. The Hall–Kier alpha value is -2.36. The molecule has 2 aliphatic rings. The fraction of sp³-hybridized carbons (Fsp3) is 0.478. The molecule has 10 heteroatoms. The second kappa shape index (κ2) is 10.3. The summed E-state index contributed by atoms with van der Waals surface area (Å²) in [6.07, 6.45) is 5.39. The largest absolute Gasteiger partial charge is 0.496 e. The van der Waals surface area contributed by atoms with Gasteiger partial charge in [-0.25, -0.2) is 13.4 Å². The molecule has 178 valence electrons. The molecule has 8 nitrogen and oxygen atoms in total. The fourth-order valence-corrected chi connectivity index (χ4v) is 5.97. The molecule has 33 heavy (non-hydrogen) atoms. The highest BCUT2D eigenvalue weighted by molar-refractivity contribution is 7.89. The molecule has 1 aromatic carbocycles. The first-order valence-corrected chi connectivity index (χ1v) is 13.1. The molecule has 2 fully saturated rings. The van der Waals surface area contributed by atoms with Crippen LogP contribution in [-0.4, -0.2) is 74.9 Å². The number of nitrogens with zero attached hydrogens (tertiary/aromatic N) is 4. The highest BCUT2D eigenvalue weighted by Crippen LogP contribution is 2.28. The fourth-order valence-electron chi connectivity index (χ4n) is 4.31. The molecule has 0 atom stereocenters. The standard InChI is InChI=1S/C23H29ClN4O4S/c1-32-21-8-7-19(33(30,31)28-10-4-2-3-5-11-28)16-20(21)23(29)27-14-12-26(13-15-27)22-9-6-18(24)17-25-22/h6-9,16-17H,2-5,10-15H2,1H3. The first kappa shape index (κ1) is 23.8. The zero-order valence-corrected chi connectivity index (χ0v) is 20.3. The second-order valence-corrected chi connectivity index (χ2v) is 10.7. The number of benzene rings is 1. The molecular formula is C23H29ClN4O4S. The molecule has 0 aliphatic carbocycles. The predicted octanol–water partition coefficient (Wildman–Crippen LogP) is 3.27. The zero-order chi connectivity index (χ0) is 23.4. The topological polar surface area (TPSA) is 83.0 Å². The minimum atomic E-state index is -3.67. The minimum Gasteiger partial charge on any atom is -0.496 e. The van der Waals surface area contributed by atoms with Crippen LogP contribution in [-0.2, 0) is 10.0 Å². The molecule has 0 saturated carbocycles. The zero-order valence-electron chi connectivity index (χ0n) is 18.7. The van der Waals surface area contributed by atoms with Gasteiger partial charge in [0.15, 0.2) is 0 Å². The van der Waals surface area contributed by atoms with Crippen LogP contribution in [0.2, 0.25) is 5.02 Å². The highest BCUT2D eigenvalue weighted by Gasteiger charge is 2.29. The average Bonchev–Trinajstić information content (AvgIpc) is 3.14. The summed E-state index contributed by atoms with van der Waals surface area (Å²) < 4.78 is 33.4. The summed E-state index contributed by atoms with van der Waals surface area (Å²) in [6.45, 7) is 3.25. The van der Waals surface area contributed by atoms with Crippen molar-refractivity contribution in [3.63, 3.8) is 0 Å². The molecule has 0 unspecified atom stereocenters. The van der Waals surface area contributed by atoms with Crippen molar-refractivity contribution in [3.8, 4) is 5.75 Å². The number of aromatic nitrogens is 1. The van der Waals surface area contributed by atoms with E-state index in [9.17, 15) is 13.2 Å². The van der Waals surface area contributed by atoms with E-state index in [0.717, 1.165) is 31.5 Å². The van der Waals surface area contributed by atoms with E-state index < -0.39 is 10.0 Å². The Kier molecular flexibility index (Phi) is 7.41. The summed E-state index contributed by atoms with van der Waals surface area (Å²) in [4.78, 5) is 21.7. The Morgan fingerprint density at radius 2 is 1.67 bits per heavy atom. The lowest BCUT2D eigenvalue weighted by atomic mass is 10.1. The molecule has 2 aliphatic heterocycles. The summed E-state index contributed by atoms with van der Waals surface area (Å²) in [5, 5.41) is 0.578. The molecule has 1 aromatic heterocycles. The van der Waals surface area contributed by atoms with Gasteiger partial charge in [-0.2, -0.15) is 4.31 Å². The summed E-state index contributed by atoms with van der Waals surface area (Å²) in [6, 6.07) is 8.23. The van der Waals surface area contributed by atoms with E-state index >= 15 is 0 Å². The number of sulfonamides is 1. The number of methoxy groups -OCH3 is 1. The maximum atomic E-state index is 13.4. The van der Waals surface area contributed by atoms with Gasteiger partial charge in [-0.05, 0) is 43.2 Å². The van der Waals surface area contributed by atoms with Crippen LogP contribution in [0.5, 0.6) is 5.75 Å². The lowest BCUT2D eigenvalue weighted by Gasteiger charge is -2.35. The summed E-state index contributed by atoms with van der Waals surface area (Å²) >= 11 is 5.92. The SMILES string of the molecule is COc1ccc(S(=O)(=O)N2CCCCCC2)cc1C(=O)N1CCN(c2ccc(Cl)cn2)CC1. The van der Waals surface area contributed by atoms with Gasteiger partial charge in [0.1, 0.15) is 11.6 Å². The van der Waals surface area contributed by atoms with Crippen LogP contribution in [0.3, 0.4) is 0 Å². The van der Waals surface area contributed by atoms with Crippen molar-refractivity contribution in [2.24, 2.45) is 0 Å². The van der Waals surface area contributed by atoms with Gasteiger partial charge in [0, 0.05) is 45.5 Å². The van der Waals surface area contributed by atoms with Gasteiger partial charge < -0.3 is 14.5 Å². The first-order chi connectivity index (χ1) is 15.9. The lowest BCUT2D eigenvalue weighted by molar-refractivity contribution is 0.0743. The molecule has 0 radical (unpaired) electrons. The maximum Gasteiger partial charge on any atom is 0.257 e. The van der Waals surface area contributed by atoms with Crippen LogP contribution in [0.4, 0.5) is 5.82 Å². The van der Waals surface area contributed by atoms with Gasteiger partial charge >= 0.3 is 0 Å². The summed E-state index contributed by atoms with van der Waals surface area (Å²) in [5.74, 6) is 0.953. The van der Waals surface area contributed by atoms with Crippen LogP contribution in [0.1, 0.15) is 36.0 Å². The third kappa shape index (κ3) is 5.26. The number of amides is 1. The number of anilines is 1. The van der Waals surface area contributed by atoms with Crippen molar-refractivity contribution < 1.29 is 17.9 Å². The van der Waals surface area contributed by atoms with Crippen molar-refractivity contribution in [3.05, 3.63) is 47.1 Å². The van der Waals surface area contributed by atoms with Gasteiger partial charge in [0.2, 0.25) is 10.0 Å². The van der Waals surface area contributed by atoms with E-state index in [1.54, 1.807) is 23.2 Å². The van der Waals surface area contributed by atoms with E-state index in [1.807, 2.05) is 6.07 Å². The molecule has 0 bridgehead atoms. The first-order valence-electron chi connectivity index (χ1n) is 11.2. The Morgan fingerprint density at radius 1 is 0.970 bits per heavy atom. The average molecular weight is 493 g/mol. The van der Waals surface area contributed by atoms with Crippen molar-refractivity contribution in [1.29, 1.82) is 0 Å². The van der Waals surface area contributed by atoms with Crippen molar-refractivity contribution >= 4 is 33.3 Å². The Morgan fingerprint density at radius 3 is 2.27 bits per heavy atom. The number of pyridine rings is 1. The minimum absolute atomic E-state index is 0.137. The number of hydrogen-bond donors (Lipinski definition) is 0. The number of hydrogen-bond acceptors (Lipinski definition) is 6. The Balaban J connectivity index is 1.52. The number of carbonyl (C=O) groups is 1. The molecule has 0 spiro atoms. The molecule has 3 heterocycles. The van der Waals surface area contributed by atoms with Crippen molar-refractivity contribution in [1.82, 2.24) is 14.2 Å². The molecule has 4 rings (SSSR count). The highest BCUT2D eigenvalue weighted by atomic mass is 35.5. The number of piperazine rings is 1. The smallest absolute Gasteiger partial charge is 0.257 e. The quantitative estimate of drug-likeness (QED) is 0.637. The predicted molar refractivity (Wildman–Crippen MR) is 128 cm³/mol. The van der Waals surface area contributed by atoms with E-state index in [0.29, 0.717) is 50.0 Å². The molecule has 1 amide bonds. The van der Waals surface area contributed by atoms with E-state index in [4.69, 9.17) is 16.3 Å². The van der Waals surface area contributed by atoms with Crippen molar-refractivity contribution in [2.75, 3.05) is 51.3 Å².